The van der Waals surface area contributed by atoms with E-state index in [0.29, 0.717) is 5.92 Å². The fourth-order valence-electron chi connectivity index (χ4n) is 2.76. The highest BCUT2D eigenvalue weighted by Crippen LogP contribution is 2.12. The average Bonchev–Trinajstić information content (AvgIpc) is 2.82. The smallest absolute Gasteiger partial charge is 0.116 e. The van der Waals surface area contributed by atoms with E-state index in [1.54, 1.807) is 12.5 Å². The van der Waals surface area contributed by atoms with Crippen molar-refractivity contribution in [3.63, 3.8) is 0 Å². The van der Waals surface area contributed by atoms with Gasteiger partial charge < -0.3 is 0 Å². The maximum Gasteiger partial charge on any atom is 0.116 e. The fraction of sp³-hybridized carbons (Fsp3) is 0.250. The molecule has 3 aromatic rings. The predicted octanol–water partition coefficient (Wildman–Crippen LogP) is 2.36. The van der Waals surface area contributed by atoms with Crippen LogP contribution in [-0.4, -0.2) is 25.4 Å². The van der Waals surface area contributed by atoms with E-state index < -0.39 is 0 Å². The summed E-state index contributed by atoms with van der Waals surface area (Å²) in [5.74, 6) is 0.511. The summed E-state index contributed by atoms with van der Waals surface area (Å²) in [6, 6.07) is 5.97. The first-order chi connectivity index (χ1) is 12.2. The Bertz CT molecular complexity index is 1020. The summed E-state index contributed by atoms with van der Waals surface area (Å²) < 4.78 is 0. The van der Waals surface area contributed by atoms with Gasteiger partial charge in [0.15, 0.2) is 0 Å². The number of fused-ring (bicyclic) bond motifs is 2. The number of nitrogens with zero attached hydrogens (tertiary/aromatic N) is 5. The van der Waals surface area contributed by atoms with Crippen LogP contribution in [0.3, 0.4) is 0 Å². The molecule has 126 valence electrons. The highest BCUT2D eigenvalue weighted by molar-refractivity contribution is 5.79. The molecule has 0 amide bonds. The highest BCUT2D eigenvalue weighted by Gasteiger charge is 2.02. The lowest BCUT2D eigenvalue weighted by atomic mass is 10.1. The Morgan fingerprint density at radius 3 is 2.80 bits per heavy atom. The number of benzene rings is 1. The number of aromatic nitrogens is 5. The molecule has 5 nitrogen and oxygen atoms in total. The van der Waals surface area contributed by atoms with Gasteiger partial charge in [0.25, 0.3) is 0 Å². The van der Waals surface area contributed by atoms with Gasteiger partial charge in [0.05, 0.1) is 17.1 Å². The van der Waals surface area contributed by atoms with Crippen molar-refractivity contribution < 1.29 is 0 Å². The second kappa shape index (κ2) is 7.75. The minimum atomic E-state index is 0.511. The van der Waals surface area contributed by atoms with Gasteiger partial charge >= 0.3 is 0 Å². The van der Waals surface area contributed by atoms with E-state index in [0.717, 1.165) is 33.5 Å². The van der Waals surface area contributed by atoms with Crippen LogP contribution in [0.1, 0.15) is 25.8 Å². The minimum absolute atomic E-state index is 0.511. The molecule has 1 aromatic carbocycles. The van der Waals surface area contributed by atoms with Crippen LogP contribution in [0.4, 0.5) is 0 Å². The first-order valence-electron chi connectivity index (χ1n) is 8.39. The Morgan fingerprint density at radius 1 is 1.12 bits per heavy atom. The molecule has 0 bridgehead atoms. The van der Waals surface area contributed by atoms with E-state index in [4.69, 9.17) is 0 Å². The molecule has 0 radical (unpaired) electrons. The quantitative estimate of drug-likeness (QED) is 0.685. The fourth-order valence-corrected chi connectivity index (χ4v) is 2.76. The Kier molecular flexibility index (Phi) is 5.23. The summed E-state index contributed by atoms with van der Waals surface area (Å²) in [6.45, 7) is 6.29. The molecule has 1 unspecified atom stereocenters. The van der Waals surface area contributed by atoms with E-state index >= 15 is 0 Å². The van der Waals surface area contributed by atoms with Crippen molar-refractivity contribution in [2.75, 3.05) is 0 Å². The number of hydrogen-bond donors (Lipinski definition) is 0. The van der Waals surface area contributed by atoms with Gasteiger partial charge in [-0.3, -0.25) is 0 Å². The molecular weight excluding hydrogens is 310 g/mol. The molecule has 2 aromatic heterocycles. The van der Waals surface area contributed by atoms with Crippen molar-refractivity contribution in [2.45, 2.75) is 27.2 Å². The third-order valence-electron chi connectivity index (χ3n) is 4.23. The van der Waals surface area contributed by atoms with Gasteiger partial charge in [-0.05, 0) is 42.5 Å². The summed E-state index contributed by atoms with van der Waals surface area (Å²) in [4.78, 5) is 8.36. The Morgan fingerprint density at radius 2 is 2.00 bits per heavy atom. The second-order valence-electron chi connectivity index (χ2n) is 6.05. The highest BCUT2D eigenvalue weighted by atomic mass is 15.3. The van der Waals surface area contributed by atoms with Crippen molar-refractivity contribution in [2.24, 2.45) is 5.92 Å². The van der Waals surface area contributed by atoms with Crippen molar-refractivity contribution in [1.29, 1.82) is 0 Å². The van der Waals surface area contributed by atoms with Crippen LogP contribution >= 0.6 is 0 Å². The lowest BCUT2D eigenvalue weighted by Gasteiger charge is -1.99. The standard InChI is InChI=1S/C12H14N2.C8H7N3/c1-3-10-5-4-9(2)12-11(6-10)7-13-8-14-12;1-6-3-2-4-7-5-9-11-10-8(6)7/h4-8,10H,3H2,1-2H3;2-5H,1H3. The van der Waals surface area contributed by atoms with E-state index in [1.165, 1.54) is 5.57 Å². The monoisotopic (exact) mass is 331 g/mol. The molecule has 25 heavy (non-hydrogen) atoms. The van der Waals surface area contributed by atoms with Gasteiger partial charge in [-0.25, -0.2) is 9.97 Å². The molecule has 1 aliphatic carbocycles. The SMILES string of the molecule is CCC1C=CC(C)=c2ncncc2=C1.Cc1cccc2cnnnc12. The van der Waals surface area contributed by atoms with Crippen LogP contribution in [0, 0.1) is 12.8 Å². The Balaban J connectivity index is 0.000000150. The van der Waals surface area contributed by atoms with Gasteiger partial charge in [-0.2, -0.15) is 0 Å². The van der Waals surface area contributed by atoms with E-state index in [2.05, 4.69) is 57.5 Å². The second-order valence-corrected chi connectivity index (χ2v) is 6.05. The third-order valence-corrected chi connectivity index (χ3v) is 4.23. The van der Waals surface area contributed by atoms with Crippen molar-refractivity contribution in [1.82, 2.24) is 25.4 Å². The van der Waals surface area contributed by atoms with Crippen LogP contribution in [-0.2, 0) is 0 Å². The van der Waals surface area contributed by atoms with E-state index in [1.807, 2.05) is 31.3 Å². The molecule has 1 atom stereocenters. The van der Waals surface area contributed by atoms with Gasteiger partial charge in [-0.15, -0.1) is 10.2 Å². The van der Waals surface area contributed by atoms with Crippen LogP contribution < -0.4 is 10.6 Å². The summed E-state index contributed by atoms with van der Waals surface area (Å²) in [5.41, 5.74) is 3.29. The van der Waals surface area contributed by atoms with Crippen LogP contribution in [0.25, 0.3) is 22.6 Å². The van der Waals surface area contributed by atoms with E-state index in [9.17, 15) is 0 Å². The molecule has 0 aliphatic heterocycles. The van der Waals surface area contributed by atoms with Crippen molar-refractivity contribution in [3.8, 4) is 0 Å². The summed E-state index contributed by atoms with van der Waals surface area (Å²) in [5, 5.41) is 14.4. The maximum absolute atomic E-state index is 4.30. The normalized spacial score (nSPS) is 15.6. The van der Waals surface area contributed by atoms with Crippen molar-refractivity contribution in [3.05, 3.63) is 65.2 Å². The minimum Gasteiger partial charge on any atom is -0.244 e. The molecule has 0 N–H and O–H groups in total. The summed E-state index contributed by atoms with van der Waals surface area (Å²) in [6.07, 6.45) is 13.0. The van der Waals surface area contributed by atoms with E-state index in [-0.39, 0.29) is 0 Å². The first kappa shape index (κ1) is 16.9. The van der Waals surface area contributed by atoms with Gasteiger partial charge in [0, 0.05) is 16.8 Å². The zero-order chi connectivity index (χ0) is 17.6. The molecule has 0 saturated carbocycles. The molecule has 2 heterocycles. The van der Waals surface area contributed by atoms with Crippen molar-refractivity contribution >= 4 is 22.6 Å². The number of allylic oxidation sites excluding steroid dienone is 2. The Hall–Kier alpha value is -2.95. The van der Waals surface area contributed by atoms with Gasteiger partial charge in [0.1, 0.15) is 6.33 Å². The topological polar surface area (TPSA) is 64.5 Å². The predicted molar refractivity (Wildman–Crippen MR) is 99.8 cm³/mol. The first-order valence-corrected chi connectivity index (χ1v) is 8.39. The average molecular weight is 331 g/mol. The molecule has 0 fully saturated rings. The molecule has 1 aliphatic rings. The Labute approximate surface area is 146 Å². The van der Waals surface area contributed by atoms with Crippen LogP contribution in [0.15, 0.2) is 49.1 Å². The van der Waals surface area contributed by atoms with Crippen LogP contribution in [0.2, 0.25) is 0 Å². The zero-order valence-corrected chi connectivity index (χ0v) is 14.7. The number of hydrogen-bond acceptors (Lipinski definition) is 5. The summed E-state index contributed by atoms with van der Waals surface area (Å²) in [7, 11) is 0. The summed E-state index contributed by atoms with van der Waals surface area (Å²) >= 11 is 0. The maximum atomic E-state index is 4.30. The number of rotatable bonds is 1. The number of aryl methyl sites for hydroxylation is 1. The van der Waals surface area contributed by atoms with Crippen LogP contribution in [0.5, 0.6) is 0 Å². The molecule has 4 rings (SSSR count). The zero-order valence-electron chi connectivity index (χ0n) is 14.7. The van der Waals surface area contributed by atoms with Gasteiger partial charge in [-0.1, -0.05) is 43.4 Å². The molecule has 0 spiro atoms. The largest absolute Gasteiger partial charge is 0.244 e. The van der Waals surface area contributed by atoms with Gasteiger partial charge in [0.2, 0.25) is 0 Å². The molecule has 5 heteroatoms. The lowest BCUT2D eigenvalue weighted by molar-refractivity contribution is 0.812. The molecular formula is C20H21N5. The molecule has 0 saturated heterocycles. The third kappa shape index (κ3) is 3.94. The lowest BCUT2D eigenvalue weighted by Crippen LogP contribution is -2.30.